The first kappa shape index (κ1) is 24.1. The van der Waals surface area contributed by atoms with E-state index in [1.807, 2.05) is 0 Å². The molecule has 3 aromatic rings. The van der Waals surface area contributed by atoms with Gasteiger partial charge in [-0.15, -0.1) is 0 Å². The van der Waals surface area contributed by atoms with Gasteiger partial charge in [-0.05, 0) is 36.4 Å². The molecule has 1 saturated heterocycles. The van der Waals surface area contributed by atoms with Gasteiger partial charge in [0.2, 0.25) is 21.8 Å². The predicted octanol–water partition coefficient (Wildman–Crippen LogP) is 1.28. The lowest BCUT2D eigenvalue weighted by Crippen LogP contribution is -2.49. The van der Waals surface area contributed by atoms with Gasteiger partial charge in [-0.2, -0.15) is 4.31 Å². The van der Waals surface area contributed by atoms with Crippen LogP contribution in [0.25, 0.3) is 0 Å². The third-order valence-corrected chi connectivity index (χ3v) is 7.14. The van der Waals surface area contributed by atoms with Crippen LogP contribution in [-0.4, -0.2) is 59.6 Å². The van der Waals surface area contributed by atoms with Crippen molar-refractivity contribution in [3.8, 4) is 0 Å². The van der Waals surface area contributed by atoms with E-state index in [1.54, 1.807) is 47.6 Å². The van der Waals surface area contributed by atoms with E-state index in [1.165, 1.54) is 24.3 Å². The van der Waals surface area contributed by atoms with Crippen molar-refractivity contribution in [3.63, 3.8) is 0 Å². The molecule has 35 heavy (non-hydrogen) atoms. The van der Waals surface area contributed by atoms with E-state index in [2.05, 4.69) is 20.9 Å². The van der Waals surface area contributed by atoms with Gasteiger partial charge in [0, 0.05) is 55.4 Å². The van der Waals surface area contributed by atoms with Crippen molar-refractivity contribution in [2.24, 2.45) is 0 Å². The summed E-state index contributed by atoms with van der Waals surface area (Å²) in [7, 11) is -3.89. The predicted molar refractivity (Wildman–Crippen MR) is 128 cm³/mol. The molecule has 0 saturated carbocycles. The smallest absolute Gasteiger partial charge is 0.255 e. The fraction of sp³-hybridized carbons (Fsp3) is 0.217. The molecule has 1 fully saturated rings. The molecule has 0 atom stereocenters. The molecule has 2 heterocycles. The first-order valence-corrected chi connectivity index (χ1v) is 12.3. The molecular formula is C23H24N6O5S. The van der Waals surface area contributed by atoms with Gasteiger partial charge in [-0.3, -0.25) is 14.4 Å². The highest BCUT2D eigenvalue weighted by molar-refractivity contribution is 7.89. The largest absolute Gasteiger partial charge is 0.354 e. The molecule has 3 N–H and O–H groups in total. The van der Waals surface area contributed by atoms with Gasteiger partial charge < -0.3 is 20.5 Å². The number of rotatable bonds is 8. The second-order valence-corrected chi connectivity index (χ2v) is 9.79. The average Bonchev–Trinajstić information content (AvgIpc) is 3.37. The quantitative estimate of drug-likeness (QED) is 0.429. The minimum atomic E-state index is -3.89. The highest BCUT2D eigenvalue weighted by Gasteiger charge is 2.29. The number of imidazole rings is 1. The standard InChI is InChI=1S/C23H24N6O5S/c30-21(7-10-28-11-8-24-16-28)26-18-4-1-3-17(13-18)23(32)27-19-5-2-6-20(14-19)35(33,34)29-12-9-25-22(31)15-29/h1-6,8,11,13-14,16H,7,9-10,12,15H2,(H,25,31)(H,26,30)(H,27,32). The van der Waals surface area contributed by atoms with Gasteiger partial charge in [0.1, 0.15) is 0 Å². The maximum Gasteiger partial charge on any atom is 0.255 e. The Balaban J connectivity index is 1.41. The molecule has 0 bridgehead atoms. The van der Waals surface area contributed by atoms with Gasteiger partial charge >= 0.3 is 0 Å². The first-order chi connectivity index (χ1) is 16.8. The maximum atomic E-state index is 12.9. The summed E-state index contributed by atoms with van der Waals surface area (Å²) in [5, 5.41) is 8.03. The monoisotopic (exact) mass is 496 g/mol. The van der Waals surface area contributed by atoms with Gasteiger partial charge in [0.15, 0.2) is 0 Å². The molecule has 3 amide bonds. The number of aromatic nitrogens is 2. The van der Waals surface area contributed by atoms with Crippen molar-refractivity contribution >= 4 is 39.1 Å². The molecule has 11 nitrogen and oxygen atoms in total. The van der Waals surface area contributed by atoms with E-state index < -0.39 is 15.9 Å². The lowest BCUT2D eigenvalue weighted by atomic mass is 10.1. The number of carbonyl (C=O) groups is 3. The number of nitrogens with zero attached hydrogens (tertiary/aromatic N) is 3. The molecule has 0 spiro atoms. The Morgan fingerprint density at radius 2 is 1.83 bits per heavy atom. The average molecular weight is 497 g/mol. The van der Waals surface area contributed by atoms with Crippen molar-refractivity contribution in [2.45, 2.75) is 17.9 Å². The first-order valence-electron chi connectivity index (χ1n) is 10.9. The minimum absolute atomic E-state index is 0.0242. The number of hydrogen-bond donors (Lipinski definition) is 3. The second-order valence-electron chi connectivity index (χ2n) is 7.85. The Hall–Kier alpha value is -4.03. The van der Waals surface area contributed by atoms with Crippen LogP contribution in [0.3, 0.4) is 0 Å². The zero-order valence-corrected chi connectivity index (χ0v) is 19.5. The van der Waals surface area contributed by atoms with Gasteiger partial charge in [-0.1, -0.05) is 12.1 Å². The number of aryl methyl sites for hydroxylation is 1. The van der Waals surface area contributed by atoms with Crippen LogP contribution >= 0.6 is 0 Å². The van der Waals surface area contributed by atoms with Crippen molar-refractivity contribution in [1.82, 2.24) is 19.2 Å². The lowest BCUT2D eigenvalue weighted by molar-refractivity contribution is -0.122. The highest BCUT2D eigenvalue weighted by atomic mass is 32.2. The summed E-state index contributed by atoms with van der Waals surface area (Å²) >= 11 is 0. The molecule has 12 heteroatoms. The Labute approximate surface area is 202 Å². The third-order valence-electron chi connectivity index (χ3n) is 5.30. The summed E-state index contributed by atoms with van der Waals surface area (Å²) in [6, 6.07) is 12.3. The molecule has 0 aliphatic carbocycles. The third kappa shape index (κ3) is 6.11. The van der Waals surface area contributed by atoms with Crippen molar-refractivity contribution in [1.29, 1.82) is 0 Å². The Bertz CT molecular complexity index is 1340. The molecule has 1 aliphatic heterocycles. The summed E-state index contributed by atoms with van der Waals surface area (Å²) < 4.78 is 28.7. The SMILES string of the molecule is O=C1CN(S(=O)(=O)c2cccc(NC(=O)c3cccc(NC(=O)CCn4ccnc4)c3)c2)CCN1. The number of anilines is 2. The zero-order valence-electron chi connectivity index (χ0n) is 18.7. The summed E-state index contributed by atoms with van der Waals surface area (Å²) in [4.78, 5) is 40.5. The van der Waals surface area contributed by atoms with Crippen LogP contribution in [-0.2, 0) is 26.2 Å². The van der Waals surface area contributed by atoms with Crippen molar-refractivity contribution in [3.05, 3.63) is 72.8 Å². The number of amides is 3. The van der Waals surface area contributed by atoms with Crippen LogP contribution in [0, 0.1) is 0 Å². The van der Waals surface area contributed by atoms with E-state index >= 15 is 0 Å². The normalized spacial score (nSPS) is 14.2. The van der Waals surface area contributed by atoms with Crippen LogP contribution < -0.4 is 16.0 Å². The van der Waals surface area contributed by atoms with E-state index in [9.17, 15) is 22.8 Å². The molecule has 1 aromatic heterocycles. The van der Waals surface area contributed by atoms with E-state index in [-0.39, 0.29) is 48.5 Å². The Kier molecular flexibility index (Phi) is 7.22. The Morgan fingerprint density at radius 3 is 2.57 bits per heavy atom. The van der Waals surface area contributed by atoms with Crippen molar-refractivity contribution in [2.75, 3.05) is 30.3 Å². The molecule has 0 radical (unpaired) electrons. The number of sulfonamides is 1. The number of benzene rings is 2. The number of nitrogens with one attached hydrogen (secondary N) is 3. The molecular weight excluding hydrogens is 472 g/mol. The van der Waals surface area contributed by atoms with Gasteiger partial charge in [0.05, 0.1) is 17.8 Å². The Morgan fingerprint density at radius 1 is 1.06 bits per heavy atom. The summed E-state index contributed by atoms with van der Waals surface area (Å²) in [6.45, 7) is 0.642. The molecule has 182 valence electrons. The minimum Gasteiger partial charge on any atom is -0.354 e. The van der Waals surface area contributed by atoms with Crippen LogP contribution in [0.2, 0.25) is 0 Å². The van der Waals surface area contributed by atoms with E-state index in [0.717, 1.165) is 4.31 Å². The van der Waals surface area contributed by atoms with Gasteiger partial charge in [0.25, 0.3) is 5.91 Å². The fourth-order valence-electron chi connectivity index (χ4n) is 3.52. The second kappa shape index (κ2) is 10.5. The van der Waals surface area contributed by atoms with Crippen LogP contribution in [0.15, 0.2) is 72.1 Å². The van der Waals surface area contributed by atoms with Crippen LogP contribution in [0.1, 0.15) is 16.8 Å². The molecule has 2 aromatic carbocycles. The summed E-state index contributed by atoms with van der Waals surface area (Å²) in [6.07, 6.45) is 5.27. The maximum absolute atomic E-state index is 12.9. The van der Waals surface area contributed by atoms with Gasteiger partial charge in [-0.25, -0.2) is 13.4 Å². The zero-order chi connectivity index (χ0) is 24.8. The number of piperazine rings is 1. The molecule has 4 rings (SSSR count). The van der Waals surface area contributed by atoms with E-state index in [4.69, 9.17) is 0 Å². The number of hydrogen-bond acceptors (Lipinski definition) is 6. The summed E-state index contributed by atoms with van der Waals surface area (Å²) in [5.41, 5.74) is 1.04. The molecule has 0 unspecified atom stereocenters. The van der Waals surface area contributed by atoms with Crippen LogP contribution in [0.5, 0.6) is 0 Å². The summed E-state index contributed by atoms with van der Waals surface area (Å²) in [5.74, 6) is -1.04. The number of carbonyl (C=O) groups excluding carboxylic acids is 3. The van der Waals surface area contributed by atoms with Crippen molar-refractivity contribution < 1.29 is 22.8 Å². The fourth-order valence-corrected chi connectivity index (χ4v) is 4.96. The molecule has 1 aliphatic rings. The van der Waals surface area contributed by atoms with Crippen LogP contribution in [0.4, 0.5) is 11.4 Å². The highest BCUT2D eigenvalue weighted by Crippen LogP contribution is 2.21. The van der Waals surface area contributed by atoms with E-state index in [0.29, 0.717) is 17.8 Å². The topological polar surface area (TPSA) is 143 Å². The lowest BCUT2D eigenvalue weighted by Gasteiger charge is -2.26.